The van der Waals surface area contributed by atoms with E-state index in [9.17, 15) is 8.42 Å². The summed E-state index contributed by atoms with van der Waals surface area (Å²) in [7, 11) is -2.72. The molecule has 1 heterocycles. The molecule has 4 heteroatoms. The van der Waals surface area contributed by atoms with E-state index >= 15 is 0 Å². The summed E-state index contributed by atoms with van der Waals surface area (Å²) in [5, 5.41) is 3.55. The van der Waals surface area contributed by atoms with Crippen LogP contribution in [-0.4, -0.2) is 32.5 Å². The molecule has 1 aliphatic rings. The van der Waals surface area contributed by atoms with Crippen LogP contribution in [0.25, 0.3) is 0 Å². The van der Waals surface area contributed by atoms with Crippen molar-refractivity contribution in [2.24, 2.45) is 11.8 Å². The minimum atomic E-state index is -2.72. The molecular weight excluding hydrogens is 234 g/mol. The molecule has 1 rings (SSSR count). The molecule has 1 aliphatic heterocycles. The third kappa shape index (κ3) is 5.38. The van der Waals surface area contributed by atoms with Crippen molar-refractivity contribution in [2.45, 2.75) is 52.5 Å². The van der Waals surface area contributed by atoms with Crippen LogP contribution in [0, 0.1) is 11.8 Å². The zero-order valence-electron chi connectivity index (χ0n) is 11.4. The van der Waals surface area contributed by atoms with Gasteiger partial charge in [0.25, 0.3) is 0 Å². The largest absolute Gasteiger partial charge is 0.314 e. The van der Waals surface area contributed by atoms with E-state index in [-0.39, 0.29) is 0 Å². The van der Waals surface area contributed by atoms with E-state index in [2.05, 4.69) is 26.1 Å². The van der Waals surface area contributed by atoms with Crippen molar-refractivity contribution >= 4 is 9.84 Å². The van der Waals surface area contributed by atoms with Crippen molar-refractivity contribution in [3.63, 3.8) is 0 Å². The Hall–Kier alpha value is -0.0900. The van der Waals surface area contributed by atoms with Crippen LogP contribution >= 0.6 is 0 Å². The van der Waals surface area contributed by atoms with Gasteiger partial charge in [-0.05, 0) is 37.6 Å². The zero-order valence-corrected chi connectivity index (χ0v) is 12.2. The summed E-state index contributed by atoms with van der Waals surface area (Å²) in [5.74, 6) is 1.87. The molecular formula is C13H27NO2S. The molecule has 0 saturated carbocycles. The predicted octanol–water partition coefficient (Wildman–Crippen LogP) is 2.23. The SMILES string of the molecule is CCC(C)CC(CC)NCC1CCS(=O)(=O)C1. The summed E-state index contributed by atoms with van der Waals surface area (Å²) in [6.45, 7) is 7.57. The smallest absolute Gasteiger partial charge is 0.150 e. The fourth-order valence-corrected chi connectivity index (χ4v) is 4.27. The molecule has 1 fully saturated rings. The highest BCUT2D eigenvalue weighted by atomic mass is 32.2. The van der Waals surface area contributed by atoms with Crippen molar-refractivity contribution in [3.8, 4) is 0 Å². The normalized spacial score (nSPS) is 26.9. The first-order chi connectivity index (χ1) is 7.96. The van der Waals surface area contributed by atoms with E-state index in [1.807, 2.05) is 0 Å². The van der Waals surface area contributed by atoms with Gasteiger partial charge in [-0.25, -0.2) is 8.42 Å². The van der Waals surface area contributed by atoms with Crippen LogP contribution in [0.15, 0.2) is 0 Å². The summed E-state index contributed by atoms with van der Waals surface area (Å²) >= 11 is 0. The fourth-order valence-electron chi connectivity index (χ4n) is 2.41. The lowest BCUT2D eigenvalue weighted by molar-refractivity contribution is 0.365. The Labute approximate surface area is 106 Å². The lowest BCUT2D eigenvalue weighted by Crippen LogP contribution is -2.34. The van der Waals surface area contributed by atoms with Crippen molar-refractivity contribution in [1.82, 2.24) is 5.32 Å². The lowest BCUT2D eigenvalue weighted by atomic mass is 9.97. The minimum absolute atomic E-state index is 0.339. The van der Waals surface area contributed by atoms with Crippen molar-refractivity contribution in [1.29, 1.82) is 0 Å². The number of nitrogens with one attached hydrogen (secondary N) is 1. The molecule has 17 heavy (non-hydrogen) atoms. The van der Waals surface area contributed by atoms with Gasteiger partial charge in [0.05, 0.1) is 11.5 Å². The second kappa shape index (κ2) is 6.74. The fraction of sp³-hybridized carbons (Fsp3) is 1.00. The standard InChI is InChI=1S/C13H27NO2S/c1-4-11(3)8-13(5-2)14-9-12-6-7-17(15,16)10-12/h11-14H,4-10H2,1-3H3. The number of rotatable bonds is 7. The highest BCUT2D eigenvalue weighted by molar-refractivity contribution is 7.91. The van der Waals surface area contributed by atoms with Crippen molar-refractivity contribution in [2.75, 3.05) is 18.1 Å². The Morgan fingerprint density at radius 2 is 2.00 bits per heavy atom. The van der Waals surface area contributed by atoms with Crippen LogP contribution in [0.2, 0.25) is 0 Å². The molecule has 0 aromatic carbocycles. The topological polar surface area (TPSA) is 46.2 Å². The Kier molecular flexibility index (Phi) is 5.93. The first kappa shape index (κ1) is 15.0. The maximum atomic E-state index is 11.4. The molecule has 102 valence electrons. The average Bonchev–Trinajstić information content (AvgIpc) is 2.63. The highest BCUT2D eigenvalue weighted by Crippen LogP contribution is 2.18. The maximum Gasteiger partial charge on any atom is 0.150 e. The van der Waals surface area contributed by atoms with Crippen LogP contribution in [0.4, 0.5) is 0 Å². The minimum Gasteiger partial charge on any atom is -0.314 e. The zero-order chi connectivity index (χ0) is 12.9. The average molecular weight is 261 g/mol. The molecule has 1 saturated heterocycles. The van der Waals surface area contributed by atoms with Crippen LogP contribution in [0.5, 0.6) is 0 Å². The van der Waals surface area contributed by atoms with E-state index in [1.54, 1.807) is 0 Å². The van der Waals surface area contributed by atoms with Gasteiger partial charge in [-0.3, -0.25) is 0 Å². The maximum absolute atomic E-state index is 11.4. The van der Waals surface area contributed by atoms with Gasteiger partial charge < -0.3 is 5.32 Å². The van der Waals surface area contributed by atoms with Gasteiger partial charge in [-0.15, -0.1) is 0 Å². The second-order valence-corrected chi connectivity index (χ2v) is 7.76. The lowest BCUT2D eigenvalue weighted by Gasteiger charge is -2.22. The quantitative estimate of drug-likeness (QED) is 0.764. The van der Waals surface area contributed by atoms with E-state index in [1.165, 1.54) is 12.8 Å². The molecule has 0 spiro atoms. The van der Waals surface area contributed by atoms with Crippen LogP contribution in [0.1, 0.15) is 46.5 Å². The Morgan fingerprint density at radius 3 is 2.47 bits per heavy atom. The van der Waals surface area contributed by atoms with Gasteiger partial charge in [0.15, 0.2) is 9.84 Å². The van der Waals surface area contributed by atoms with Gasteiger partial charge in [-0.1, -0.05) is 27.2 Å². The van der Waals surface area contributed by atoms with E-state index in [4.69, 9.17) is 0 Å². The van der Waals surface area contributed by atoms with E-state index in [0.717, 1.165) is 25.3 Å². The van der Waals surface area contributed by atoms with Crippen molar-refractivity contribution in [3.05, 3.63) is 0 Å². The van der Waals surface area contributed by atoms with Crippen LogP contribution in [0.3, 0.4) is 0 Å². The van der Waals surface area contributed by atoms with E-state index < -0.39 is 9.84 Å². The molecule has 0 aliphatic carbocycles. The molecule has 1 N–H and O–H groups in total. The Bertz CT molecular complexity index is 313. The van der Waals surface area contributed by atoms with Crippen molar-refractivity contribution < 1.29 is 8.42 Å². The third-order valence-electron chi connectivity index (χ3n) is 3.90. The number of sulfone groups is 1. The molecule has 3 nitrogen and oxygen atoms in total. The molecule has 0 amide bonds. The van der Waals surface area contributed by atoms with Gasteiger partial charge in [-0.2, -0.15) is 0 Å². The van der Waals surface area contributed by atoms with Gasteiger partial charge in [0, 0.05) is 6.04 Å². The third-order valence-corrected chi connectivity index (χ3v) is 5.74. The van der Waals surface area contributed by atoms with E-state index in [0.29, 0.717) is 23.5 Å². The number of hydrogen-bond acceptors (Lipinski definition) is 3. The highest BCUT2D eigenvalue weighted by Gasteiger charge is 2.27. The molecule has 3 unspecified atom stereocenters. The second-order valence-electron chi connectivity index (χ2n) is 5.53. The molecule has 3 atom stereocenters. The molecule has 0 radical (unpaired) electrons. The van der Waals surface area contributed by atoms with Gasteiger partial charge >= 0.3 is 0 Å². The summed E-state index contributed by atoms with van der Waals surface area (Å²) in [6.07, 6.45) is 4.39. The summed E-state index contributed by atoms with van der Waals surface area (Å²) < 4.78 is 22.7. The summed E-state index contributed by atoms with van der Waals surface area (Å²) in [5.41, 5.74) is 0. The van der Waals surface area contributed by atoms with Gasteiger partial charge in [0.2, 0.25) is 0 Å². The predicted molar refractivity (Wildman–Crippen MR) is 72.9 cm³/mol. The molecule has 0 bridgehead atoms. The molecule has 0 aromatic heterocycles. The van der Waals surface area contributed by atoms with Gasteiger partial charge in [0.1, 0.15) is 0 Å². The Morgan fingerprint density at radius 1 is 1.29 bits per heavy atom. The Balaban J connectivity index is 2.28. The number of hydrogen-bond donors (Lipinski definition) is 1. The first-order valence-corrected chi connectivity index (χ1v) is 8.72. The van der Waals surface area contributed by atoms with Crippen LogP contribution < -0.4 is 5.32 Å². The molecule has 0 aromatic rings. The summed E-state index contributed by atoms with van der Waals surface area (Å²) in [4.78, 5) is 0. The van der Waals surface area contributed by atoms with Crippen LogP contribution in [-0.2, 0) is 9.84 Å². The summed E-state index contributed by atoms with van der Waals surface area (Å²) in [6, 6.07) is 0.549. The first-order valence-electron chi connectivity index (χ1n) is 6.90. The monoisotopic (exact) mass is 261 g/mol.